The lowest BCUT2D eigenvalue weighted by Crippen LogP contribution is -2.31. The highest BCUT2D eigenvalue weighted by Crippen LogP contribution is 2.27. The maximum atomic E-state index is 9.99. The molecule has 0 radical (unpaired) electrons. The number of nitrogens with one attached hydrogen (secondary N) is 2. The van der Waals surface area contributed by atoms with Crippen LogP contribution in [-0.4, -0.2) is 22.9 Å². The van der Waals surface area contributed by atoms with E-state index in [0.717, 1.165) is 23.7 Å². The normalized spacial score (nSPS) is 22.3. The van der Waals surface area contributed by atoms with E-state index in [9.17, 15) is 5.11 Å². The largest absolute Gasteiger partial charge is 0.386 e. The number of aliphatic hydroxyl groups is 1. The Morgan fingerprint density at radius 3 is 2.26 bits per heavy atom. The maximum absolute atomic E-state index is 9.99. The van der Waals surface area contributed by atoms with Gasteiger partial charge in [-0.2, -0.15) is 0 Å². The van der Waals surface area contributed by atoms with Gasteiger partial charge in [0.25, 0.3) is 0 Å². The van der Waals surface area contributed by atoms with E-state index < -0.39 is 5.60 Å². The van der Waals surface area contributed by atoms with Crippen LogP contribution >= 0.6 is 11.9 Å². The second-order valence-electron chi connectivity index (χ2n) is 7.52. The van der Waals surface area contributed by atoms with Crippen LogP contribution in [0.2, 0.25) is 0 Å². The first-order chi connectivity index (χ1) is 10.8. The van der Waals surface area contributed by atoms with Crippen molar-refractivity contribution in [3.05, 3.63) is 29.8 Å². The van der Waals surface area contributed by atoms with Gasteiger partial charge >= 0.3 is 0 Å². The number of anilines is 1. The fraction of sp³-hybridized carbons (Fsp3) is 0.684. The summed E-state index contributed by atoms with van der Waals surface area (Å²) < 4.78 is 3.61. The minimum absolute atomic E-state index is 0.654. The Kier molecular flexibility index (Phi) is 6.81. The van der Waals surface area contributed by atoms with Crippen molar-refractivity contribution in [3.8, 4) is 0 Å². The molecule has 0 aromatic heterocycles. The van der Waals surface area contributed by atoms with E-state index in [2.05, 4.69) is 36.0 Å². The van der Waals surface area contributed by atoms with Crippen molar-refractivity contribution in [1.82, 2.24) is 4.72 Å². The minimum Gasteiger partial charge on any atom is -0.386 e. The highest BCUT2D eigenvalue weighted by molar-refractivity contribution is 7.98. The van der Waals surface area contributed by atoms with Crippen LogP contribution in [0.3, 0.4) is 0 Å². The Morgan fingerprint density at radius 1 is 1.13 bits per heavy atom. The van der Waals surface area contributed by atoms with Gasteiger partial charge in [-0.15, -0.1) is 0 Å². The molecule has 0 aliphatic heterocycles. The Balaban J connectivity index is 1.71. The molecule has 23 heavy (non-hydrogen) atoms. The molecule has 0 bridgehead atoms. The van der Waals surface area contributed by atoms with Crippen molar-refractivity contribution in [3.63, 3.8) is 0 Å². The van der Waals surface area contributed by atoms with Crippen LogP contribution in [0.4, 0.5) is 5.69 Å². The Bertz CT molecular complexity index is 459. The van der Waals surface area contributed by atoms with Crippen LogP contribution in [0.5, 0.6) is 0 Å². The van der Waals surface area contributed by atoms with Gasteiger partial charge < -0.3 is 10.4 Å². The summed E-state index contributed by atoms with van der Waals surface area (Å²) in [6.07, 6.45) is 5.16. The van der Waals surface area contributed by atoms with Gasteiger partial charge in [0.05, 0.1) is 5.60 Å². The first-order valence-electron chi connectivity index (χ1n) is 8.82. The SMILES string of the molecule is CC(C)SN[C@H]1CC[C@H](CNc2ccc(C(C)(C)O)cc2)CC1. The average molecular weight is 337 g/mol. The van der Waals surface area contributed by atoms with Crippen molar-refractivity contribution in [2.75, 3.05) is 11.9 Å². The molecule has 2 rings (SSSR count). The third-order valence-electron chi connectivity index (χ3n) is 4.50. The van der Waals surface area contributed by atoms with Crippen LogP contribution < -0.4 is 10.0 Å². The second-order valence-corrected chi connectivity index (χ2v) is 8.93. The van der Waals surface area contributed by atoms with Crippen LogP contribution in [0.1, 0.15) is 58.9 Å². The summed E-state index contributed by atoms with van der Waals surface area (Å²) in [7, 11) is 0. The molecule has 130 valence electrons. The molecule has 1 aromatic carbocycles. The first-order valence-corrected chi connectivity index (χ1v) is 9.70. The zero-order valence-electron chi connectivity index (χ0n) is 14.9. The van der Waals surface area contributed by atoms with Gasteiger partial charge in [-0.05, 0) is 63.1 Å². The maximum Gasteiger partial charge on any atom is 0.0840 e. The molecule has 0 amide bonds. The van der Waals surface area contributed by atoms with E-state index >= 15 is 0 Å². The fourth-order valence-corrected chi connectivity index (χ4v) is 3.68. The lowest BCUT2D eigenvalue weighted by molar-refractivity contribution is 0.0786. The summed E-state index contributed by atoms with van der Waals surface area (Å²) >= 11 is 1.87. The molecule has 0 heterocycles. The van der Waals surface area contributed by atoms with Crippen LogP contribution in [0.25, 0.3) is 0 Å². The van der Waals surface area contributed by atoms with E-state index in [1.165, 1.54) is 25.7 Å². The van der Waals surface area contributed by atoms with Crippen LogP contribution in [0.15, 0.2) is 24.3 Å². The lowest BCUT2D eigenvalue weighted by Gasteiger charge is -2.29. The van der Waals surface area contributed by atoms with Crippen molar-refractivity contribution in [1.29, 1.82) is 0 Å². The predicted molar refractivity (Wildman–Crippen MR) is 102 cm³/mol. The molecule has 1 fully saturated rings. The number of hydrogen-bond donors (Lipinski definition) is 3. The summed E-state index contributed by atoms with van der Waals surface area (Å²) in [6, 6.07) is 8.84. The quantitative estimate of drug-likeness (QED) is 0.640. The Hall–Kier alpha value is -0.710. The molecule has 1 saturated carbocycles. The zero-order chi connectivity index (χ0) is 16.9. The van der Waals surface area contributed by atoms with E-state index in [0.29, 0.717) is 11.3 Å². The monoisotopic (exact) mass is 336 g/mol. The van der Waals surface area contributed by atoms with Crippen molar-refractivity contribution in [2.45, 2.75) is 70.3 Å². The highest BCUT2D eigenvalue weighted by atomic mass is 32.2. The van der Waals surface area contributed by atoms with Crippen molar-refractivity contribution in [2.24, 2.45) is 5.92 Å². The lowest BCUT2D eigenvalue weighted by atomic mass is 9.86. The molecule has 1 aromatic rings. The minimum atomic E-state index is -0.766. The van der Waals surface area contributed by atoms with E-state index in [1.54, 1.807) is 0 Å². The van der Waals surface area contributed by atoms with Crippen LogP contribution in [-0.2, 0) is 5.60 Å². The van der Waals surface area contributed by atoms with Gasteiger partial charge in [0.15, 0.2) is 0 Å². The summed E-state index contributed by atoms with van der Waals surface area (Å²) in [5.41, 5.74) is 1.34. The second kappa shape index (κ2) is 8.41. The smallest absolute Gasteiger partial charge is 0.0840 e. The van der Waals surface area contributed by atoms with Gasteiger partial charge in [-0.25, -0.2) is 0 Å². The fourth-order valence-electron chi connectivity index (χ4n) is 2.97. The third kappa shape index (κ3) is 6.36. The van der Waals surface area contributed by atoms with Crippen LogP contribution in [0, 0.1) is 5.92 Å². The summed E-state index contributed by atoms with van der Waals surface area (Å²) in [5, 5.41) is 14.2. The molecule has 0 saturated heterocycles. The number of hydrogen-bond acceptors (Lipinski definition) is 4. The molecular weight excluding hydrogens is 304 g/mol. The highest BCUT2D eigenvalue weighted by Gasteiger charge is 2.21. The Labute approximate surface area is 145 Å². The molecular formula is C19H32N2OS. The molecule has 0 spiro atoms. The summed E-state index contributed by atoms with van der Waals surface area (Å²) in [6.45, 7) is 9.15. The number of rotatable bonds is 7. The zero-order valence-corrected chi connectivity index (χ0v) is 15.7. The summed E-state index contributed by atoms with van der Waals surface area (Å²) in [4.78, 5) is 0. The first kappa shape index (κ1) is 18.6. The molecule has 0 atom stereocenters. The van der Waals surface area contributed by atoms with Gasteiger partial charge in [-0.3, -0.25) is 4.72 Å². The molecule has 3 N–H and O–H groups in total. The molecule has 1 aliphatic carbocycles. The molecule has 4 heteroatoms. The predicted octanol–water partition coefficient (Wildman–Crippen LogP) is 4.53. The number of benzene rings is 1. The van der Waals surface area contributed by atoms with E-state index in [4.69, 9.17) is 0 Å². The van der Waals surface area contributed by atoms with E-state index in [-0.39, 0.29) is 0 Å². The van der Waals surface area contributed by atoms with Gasteiger partial charge in [0, 0.05) is 23.5 Å². The van der Waals surface area contributed by atoms with Crippen molar-refractivity contribution < 1.29 is 5.11 Å². The molecule has 0 unspecified atom stereocenters. The topological polar surface area (TPSA) is 44.3 Å². The third-order valence-corrected chi connectivity index (χ3v) is 5.44. The van der Waals surface area contributed by atoms with E-state index in [1.807, 2.05) is 37.9 Å². The summed E-state index contributed by atoms with van der Waals surface area (Å²) in [5.74, 6) is 0.769. The van der Waals surface area contributed by atoms with Gasteiger partial charge in [0.2, 0.25) is 0 Å². The van der Waals surface area contributed by atoms with Gasteiger partial charge in [-0.1, -0.05) is 37.9 Å². The van der Waals surface area contributed by atoms with Crippen molar-refractivity contribution >= 4 is 17.6 Å². The molecule has 1 aliphatic rings. The standard InChI is InChI=1S/C19H32N2OS/c1-14(2)23-21-18-9-5-15(6-10-18)13-20-17-11-7-16(8-12-17)19(3,4)22/h7-8,11-12,14-15,18,20-22H,5-6,9-10,13H2,1-4H3/t15-,18-. The average Bonchev–Trinajstić information content (AvgIpc) is 2.51. The Morgan fingerprint density at radius 2 is 1.74 bits per heavy atom. The van der Waals surface area contributed by atoms with Gasteiger partial charge in [0.1, 0.15) is 0 Å². The molecule has 3 nitrogen and oxygen atoms in total.